The second-order valence-electron chi connectivity index (χ2n) is 20.0. The minimum atomic E-state index is -0.563. The van der Waals surface area contributed by atoms with Gasteiger partial charge in [-0.25, -0.2) is 0 Å². The van der Waals surface area contributed by atoms with Gasteiger partial charge in [-0.05, 0) is 80.4 Å². The van der Waals surface area contributed by atoms with Gasteiger partial charge in [0.2, 0.25) is 0 Å². The summed E-state index contributed by atoms with van der Waals surface area (Å²) in [5, 5.41) is 0. The van der Waals surface area contributed by atoms with Crippen LogP contribution in [-0.2, 0) is 18.6 Å². The van der Waals surface area contributed by atoms with Crippen LogP contribution in [0.3, 0.4) is 0 Å². The van der Waals surface area contributed by atoms with Crippen LogP contribution in [0.5, 0.6) is 11.5 Å². The minimum absolute atomic E-state index is 0.469. The Morgan fingerprint density at radius 3 is 0.776 bits per heavy atom. The average molecular weight is 811 g/mol. The van der Waals surface area contributed by atoms with E-state index in [2.05, 4.69) is 81.4 Å². The lowest BCUT2D eigenvalue weighted by Gasteiger charge is -2.32. The van der Waals surface area contributed by atoms with E-state index >= 15 is 0 Å². The number of ether oxygens (including phenoxy) is 2. The Balaban J connectivity index is 1.56. The SMILES string of the molecule is CCCCCCCCCCCCCCCCOc1cc(B2OC(C)(C)C(C)(C)O2)c(OCCCCCCCCCCCCCCCC)cc1B1OC(C)(C)C(C)(C)O1. The molecule has 334 valence electrons. The van der Waals surface area contributed by atoms with Gasteiger partial charge in [0.15, 0.2) is 0 Å². The molecule has 0 aliphatic carbocycles. The lowest BCUT2D eigenvalue weighted by molar-refractivity contribution is 0.00578. The summed E-state index contributed by atoms with van der Waals surface area (Å²) in [5.41, 5.74) is -0.126. The van der Waals surface area contributed by atoms with E-state index in [0.717, 1.165) is 35.3 Å². The number of hydrogen-bond acceptors (Lipinski definition) is 6. The second-order valence-corrected chi connectivity index (χ2v) is 20.0. The third-order valence-corrected chi connectivity index (χ3v) is 13.7. The molecule has 2 aliphatic rings. The topological polar surface area (TPSA) is 55.4 Å². The Bertz CT molecular complexity index is 1110. The van der Waals surface area contributed by atoms with Gasteiger partial charge in [-0.3, -0.25) is 0 Å². The Kier molecular flexibility index (Phi) is 23.8. The molecule has 58 heavy (non-hydrogen) atoms. The molecule has 0 atom stereocenters. The molecule has 0 unspecified atom stereocenters. The molecule has 2 aliphatic heterocycles. The lowest BCUT2D eigenvalue weighted by Crippen LogP contribution is -2.41. The Morgan fingerprint density at radius 1 is 0.345 bits per heavy atom. The van der Waals surface area contributed by atoms with Crippen molar-refractivity contribution in [2.75, 3.05) is 13.2 Å². The van der Waals surface area contributed by atoms with E-state index in [-0.39, 0.29) is 0 Å². The molecule has 2 saturated heterocycles. The summed E-state index contributed by atoms with van der Waals surface area (Å²) in [6.07, 6.45) is 37.4. The highest BCUT2D eigenvalue weighted by atomic mass is 16.7. The van der Waals surface area contributed by atoms with Crippen LogP contribution in [-0.4, -0.2) is 49.9 Å². The van der Waals surface area contributed by atoms with Crippen molar-refractivity contribution in [3.8, 4) is 11.5 Å². The van der Waals surface area contributed by atoms with Crippen LogP contribution in [0.2, 0.25) is 0 Å². The smallest absolute Gasteiger partial charge is 0.494 e. The van der Waals surface area contributed by atoms with Crippen molar-refractivity contribution in [2.45, 2.75) is 271 Å². The molecule has 0 N–H and O–H groups in total. The third kappa shape index (κ3) is 17.6. The molecule has 8 heteroatoms. The van der Waals surface area contributed by atoms with E-state index in [9.17, 15) is 0 Å². The summed E-state index contributed by atoms with van der Waals surface area (Å²) in [5.74, 6) is 1.53. The first-order valence-corrected chi connectivity index (χ1v) is 24.9. The molecule has 2 fully saturated rings. The van der Waals surface area contributed by atoms with E-state index in [1.54, 1.807) is 0 Å². The first kappa shape index (κ1) is 51.1. The normalized spacial score (nSPS) is 18.0. The van der Waals surface area contributed by atoms with Crippen LogP contribution in [0.1, 0.15) is 249 Å². The summed E-state index contributed by atoms with van der Waals surface area (Å²) < 4.78 is 39.8. The summed E-state index contributed by atoms with van der Waals surface area (Å²) in [6, 6.07) is 4.18. The maximum atomic E-state index is 6.66. The third-order valence-electron chi connectivity index (χ3n) is 13.7. The molecular formula is C50H92B2O6. The summed E-state index contributed by atoms with van der Waals surface area (Å²) in [6.45, 7) is 22.7. The zero-order chi connectivity index (χ0) is 42.3. The van der Waals surface area contributed by atoms with Crippen LogP contribution >= 0.6 is 0 Å². The molecule has 2 heterocycles. The highest BCUT2D eigenvalue weighted by Gasteiger charge is 2.55. The Morgan fingerprint density at radius 2 is 0.552 bits per heavy atom. The lowest BCUT2D eigenvalue weighted by atomic mass is 9.72. The zero-order valence-electron chi connectivity index (χ0n) is 40.0. The Labute approximate surface area is 360 Å². The molecule has 3 rings (SSSR count). The molecular weight excluding hydrogens is 718 g/mol. The maximum absolute atomic E-state index is 6.66. The van der Waals surface area contributed by atoms with Crippen molar-refractivity contribution in [3.63, 3.8) is 0 Å². The second kappa shape index (κ2) is 27.0. The van der Waals surface area contributed by atoms with Gasteiger partial charge < -0.3 is 28.1 Å². The molecule has 0 amide bonds. The van der Waals surface area contributed by atoms with Crippen molar-refractivity contribution in [2.24, 2.45) is 0 Å². The van der Waals surface area contributed by atoms with E-state index in [1.807, 2.05) is 0 Å². The van der Waals surface area contributed by atoms with Gasteiger partial charge in [0.1, 0.15) is 11.5 Å². The fraction of sp³-hybridized carbons (Fsp3) is 0.880. The first-order chi connectivity index (χ1) is 27.7. The first-order valence-electron chi connectivity index (χ1n) is 24.9. The summed E-state index contributed by atoms with van der Waals surface area (Å²) in [7, 11) is -1.13. The molecule has 6 nitrogen and oxygen atoms in total. The number of unbranched alkanes of at least 4 members (excludes halogenated alkanes) is 26. The van der Waals surface area contributed by atoms with Gasteiger partial charge in [0.25, 0.3) is 0 Å². The van der Waals surface area contributed by atoms with E-state index in [1.165, 1.54) is 167 Å². The molecule has 0 spiro atoms. The zero-order valence-corrected chi connectivity index (χ0v) is 40.0. The van der Waals surface area contributed by atoms with Gasteiger partial charge in [0, 0.05) is 10.9 Å². The number of benzene rings is 1. The largest absolute Gasteiger partial charge is 0.498 e. The van der Waals surface area contributed by atoms with Crippen molar-refractivity contribution < 1.29 is 28.1 Å². The van der Waals surface area contributed by atoms with Crippen LogP contribution in [0.25, 0.3) is 0 Å². The van der Waals surface area contributed by atoms with Gasteiger partial charge in [0.05, 0.1) is 35.6 Å². The van der Waals surface area contributed by atoms with Crippen LogP contribution in [0.15, 0.2) is 12.1 Å². The van der Waals surface area contributed by atoms with Gasteiger partial charge in [-0.15, -0.1) is 0 Å². The fourth-order valence-electron chi connectivity index (χ4n) is 8.11. The van der Waals surface area contributed by atoms with Crippen LogP contribution < -0.4 is 20.4 Å². The molecule has 1 aromatic carbocycles. The van der Waals surface area contributed by atoms with Crippen molar-refractivity contribution in [1.29, 1.82) is 0 Å². The average Bonchev–Trinajstić information content (AvgIpc) is 3.53. The predicted molar refractivity (Wildman–Crippen MR) is 249 cm³/mol. The maximum Gasteiger partial charge on any atom is 0.498 e. The monoisotopic (exact) mass is 811 g/mol. The van der Waals surface area contributed by atoms with E-state index < -0.39 is 36.6 Å². The van der Waals surface area contributed by atoms with Crippen LogP contribution in [0.4, 0.5) is 0 Å². The highest BCUT2D eigenvalue weighted by molar-refractivity contribution is 6.66. The van der Waals surface area contributed by atoms with E-state index in [0.29, 0.717) is 13.2 Å². The summed E-state index contributed by atoms with van der Waals surface area (Å²) in [4.78, 5) is 0. The standard InChI is InChI=1S/C50H92B2O6/c1-11-13-15-17-19-21-23-25-27-29-31-33-35-37-39-53-45-41-44(52-57-49(7,8)50(9,10)58-52)46(42-43(45)51-55-47(3,4)48(5,6)56-51)54-40-38-36-34-32-30-28-26-24-22-20-18-16-14-12-2/h41-42H,11-40H2,1-10H3. The van der Waals surface area contributed by atoms with Gasteiger partial charge in [-0.2, -0.15) is 0 Å². The summed E-state index contributed by atoms with van der Waals surface area (Å²) >= 11 is 0. The van der Waals surface area contributed by atoms with Crippen LogP contribution in [0, 0.1) is 0 Å². The quantitative estimate of drug-likeness (QED) is 0.0510. The number of rotatable bonds is 34. The molecule has 1 aromatic rings. The molecule has 0 saturated carbocycles. The van der Waals surface area contributed by atoms with Gasteiger partial charge >= 0.3 is 14.2 Å². The van der Waals surface area contributed by atoms with E-state index in [4.69, 9.17) is 28.1 Å². The molecule has 0 bridgehead atoms. The van der Waals surface area contributed by atoms with Crippen molar-refractivity contribution in [3.05, 3.63) is 12.1 Å². The predicted octanol–water partition coefficient (Wildman–Crippen LogP) is 14.0. The molecule has 0 aromatic heterocycles. The highest BCUT2D eigenvalue weighted by Crippen LogP contribution is 2.39. The van der Waals surface area contributed by atoms with Crippen molar-refractivity contribution >= 4 is 25.2 Å². The molecule has 0 radical (unpaired) electrons. The fourth-order valence-corrected chi connectivity index (χ4v) is 8.11. The van der Waals surface area contributed by atoms with Crippen molar-refractivity contribution in [1.82, 2.24) is 0 Å². The number of hydrogen-bond donors (Lipinski definition) is 0. The minimum Gasteiger partial charge on any atom is -0.494 e. The Hall–Kier alpha value is -1.21. The van der Waals surface area contributed by atoms with Gasteiger partial charge in [-0.1, -0.05) is 181 Å².